The first-order valence-electron chi connectivity index (χ1n) is 16.6. The summed E-state index contributed by atoms with van der Waals surface area (Å²) in [6.45, 7) is 0. The average molecular weight is 679 g/mol. The van der Waals surface area contributed by atoms with Crippen LogP contribution in [-0.2, 0) is 6.18 Å². The first-order valence-corrected chi connectivity index (χ1v) is 16.6. The number of alkyl halides is 3. The third kappa shape index (κ3) is 4.83. The zero-order chi connectivity index (χ0) is 35.6. The zero-order valence-corrected chi connectivity index (χ0v) is 27.4. The van der Waals surface area contributed by atoms with E-state index >= 15 is 0 Å². The van der Waals surface area contributed by atoms with E-state index in [0.29, 0.717) is 5.69 Å². The van der Waals surface area contributed by atoms with Crippen LogP contribution in [0.3, 0.4) is 0 Å². The van der Waals surface area contributed by atoms with Crippen molar-refractivity contribution in [3.63, 3.8) is 0 Å². The molecule has 9 aromatic rings. The van der Waals surface area contributed by atoms with Gasteiger partial charge in [-0.2, -0.15) is 23.7 Å². The summed E-state index contributed by atoms with van der Waals surface area (Å²) in [4.78, 5) is 0. The van der Waals surface area contributed by atoms with Crippen LogP contribution in [0.4, 0.5) is 13.2 Å². The Labute approximate surface area is 296 Å². The molecule has 0 saturated heterocycles. The second kappa shape index (κ2) is 11.8. The third-order valence-corrected chi connectivity index (χ3v) is 9.82. The Kier molecular flexibility index (Phi) is 7.00. The van der Waals surface area contributed by atoms with Crippen LogP contribution in [0.2, 0.25) is 0 Å². The van der Waals surface area contributed by atoms with Gasteiger partial charge in [-0.25, -0.2) is 0 Å². The second-order valence-electron chi connectivity index (χ2n) is 12.7. The fourth-order valence-corrected chi connectivity index (χ4v) is 7.52. The van der Waals surface area contributed by atoms with Crippen molar-refractivity contribution < 1.29 is 13.2 Å². The molecule has 7 aromatic carbocycles. The third-order valence-electron chi connectivity index (χ3n) is 9.82. The number of halogens is 3. The monoisotopic (exact) mass is 678 g/mol. The minimum atomic E-state index is -4.73. The summed E-state index contributed by atoms with van der Waals surface area (Å²) in [5.74, 6) is 0. The Balaban J connectivity index is 1.21. The van der Waals surface area contributed by atoms with Crippen molar-refractivity contribution in [1.82, 2.24) is 9.13 Å². The highest BCUT2D eigenvalue weighted by Crippen LogP contribution is 2.43. The van der Waals surface area contributed by atoms with E-state index in [1.165, 1.54) is 29.0 Å². The Morgan fingerprint density at radius 3 is 1.58 bits per heavy atom. The predicted octanol–water partition coefficient (Wildman–Crippen LogP) is 12.0. The molecule has 0 fully saturated rings. The molecule has 0 radical (unpaired) electrons. The summed E-state index contributed by atoms with van der Waals surface area (Å²) in [7, 11) is 0. The van der Waals surface area contributed by atoms with Gasteiger partial charge in [-0.15, -0.1) is 0 Å². The molecule has 7 heteroatoms. The smallest absolute Gasteiger partial charge is 0.309 e. The fraction of sp³-hybridized carbons (Fsp3) is 0.0222. The molecule has 246 valence electrons. The van der Waals surface area contributed by atoms with Crippen LogP contribution in [-0.4, -0.2) is 9.13 Å². The van der Waals surface area contributed by atoms with Crippen molar-refractivity contribution in [3.8, 4) is 45.8 Å². The van der Waals surface area contributed by atoms with Crippen molar-refractivity contribution in [3.05, 3.63) is 168 Å². The van der Waals surface area contributed by atoms with Crippen LogP contribution in [0.1, 0.15) is 16.7 Å². The summed E-state index contributed by atoms with van der Waals surface area (Å²) in [5, 5.41) is 23.4. The molecule has 0 atom stereocenters. The first-order chi connectivity index (χ1) is 25.3. The molecule has 52 heavy (non-hydrogen) atoms. The second-order valence-corrected chi connectivity index (χ2v) is 12.7. The lowest BCUT2D eigenvalue weighted by molar-refractivity contribution is -0.137. The molecule has 0 unspecified atom stereocenters. The van der Waals surface area contributed by atoms with Gasteiger partial charge in [-0.3, -0.25) is 0 Å². The van der Waals surface area contributed by atoms with Crippen molar-refractivity contribution in [1.29, 1.82) is 10.5 Å². The maximum atomic E-state index is 14.5. The lowest BCUT2D eigenvalue weighted by atomic mass is 9.94. The van der Waals surface area contributed by atoms with Gasteiger partial charge in [0.1, 0.15) is 0 Å². The lowest BCUT2D eigenvalue weighted by Crippen LogP contribution is -2.09. The number of nitriles is 2. The van der Waals surface area contributed by atoms with Crippen molar-refractivity contribution in [2.75, 3.05) is 0 Å². The molecule has 0 bridgehead atoms. The molecule has 0 aliphatic rings. The van der Waals surface area contributed by atoms with Gasteiger partial charge in [0.2, 0.25) is 0 Å². The number of aromatic nitrogens is 2. The molecular formula is C45H25F3N4. The number of hydrogen-bond acceptors (Lipinski definition) is 2. The normalized spacial score (nSPS) is 11.7. The highest BCUT2D eigenvalue weighted by molar-refractivity contribution is 6.11. The lowest BCUT2D eigenvalue weighted by Gasteiger charge is -2.18. The maximum Gasteiger partial charge on any atom is 0.417 e. The van der Waals surface area contributed by atoms with E-state index in [1.54, 1.807) is 12.1 Å². The maximum absolute atomic E-state index is 14.5. The average Bonchev–Trinajstić information content (AvgIpc) is 3.70. The molecule has 0 spiro atoms. The standard InChI is InChI=1S/C45H25F3N4/c46-45(47,48)39-24-29(27-50)13-20-33(39)37-23-28(26-49)14-21-43(37)52-42-12-6-3-9-36(42)38-25-31(17-22-44(38)52)30-15-18-32(19-16-30)51-40-10-4-1-7-34(40)35-8-2-5-11-41(35)51/h1-25H. The van der Waals surface area contributed by atoms with Gasteiger partial charge >= 0.3 is 6.18 Å². The first kappa shape index (κ1) is 30.9. The molecule has 0 amide bonds. The van der Waals surface area contributed by atoms with Crippen LogP contribution in [0.15, 0.2) is 152 Å². The van der Waals surface area contributed by atoms with E-state index in [-0.39, 0.29) is 22.3 Å². The van der Waals surface area contributed by atoms with Crippen LogP contribution < -0.4 is 0 Å². The molecule has 0 aliphatic carbocycles. The molecular weight excluding hydrogens is 654 g/mol. The topological polar surface area (TPSA) is 57.4 Å². The van der Waals surface area contributed by atoms with Gasteiger partial charge in [-0.05, 0) is 89.5 Å². The molecule has 9 rings (SSSR count). The molecule has 2 heterocycles. The van der Waals surface area contributed by atoms with Gasteiger partial charge in [0.15, 0.2) is 0 Å². The summed E-state index contributed by atoms with van der Waals surface area (Å²) in [6, 6.07) is 51.5. The number of rotatable bonds is 4. The largest absolute Gasteiger partial charge is 0.417 e. The number of hydrogen-bond donors (Lipinski definition) is 0. The minimum absolute atomic E-state index is 0.0958. The number of benzene rings is 7. The molecule has 2 aromatic heterocycles. The van der Waals surface area contributed by atoms with E-state index in [4.69, 9.17) is 0 Å². The summed E-state index contributed by atoms with van der Waals surface area (Å²) in [6.07, 6.45) is -4.73. The Bertz CT molecular complexity index is 2920. The van der Waals surface area contributed by atoms with Gasteiger partial charge < -0.3 is 9.13 Å². The van der Waals surface area contributed by atoms with Gasteiger partial charge in [0.05, 0.1) is 56.6 Å². The summed E-state index contributed by atoms with van der Waals surface area (Å²) in [5.41, 5.74) is 6.77. The van der Waals surface area contributed by atoms with E-state index in [0.717, 1.165) is 55.7 Å². The van der Waals surface area contributed by atoms with Crippen molar-refractivity contribution >= 4 is 43.6 Å². The quantitative estimate of drug-likeness (QED) is 0.186. The summed E-state index contributed by atoms with van der Waals surface area (Å²) < 4.78 is 47.7. The van der Waals surface area contributed by atoms with Crippen LogP contribution in [0.25, 0.3) is 77.2 Å². The Morgan fingerprint density at radius 2 is 0.962 bits per heavy atom. The number of fused-ring (bicyclic) bond motifs is 6. The van der Waals surface area contributed by atoms with E-state index in [9.17, 15) is 23.7 Å². The fourth-order valence-electron chi connectivity index (χ4n) is 7.52. The Morgan fingerprint density at radius 1 is 0.442 bits per heavy atom. The summed E-state index contributed by atoms with van der Waals surface area (Å²) >= 11 is 0. The SMILES string of the molecule is N#Cc1ccc(-n2c3ccccc3c3cc(-c4ccc(-n5c6ccccc6c6ccccc65)cc4)ccc32)c(-c2ccc(C#N)cc2C(F)(F)F)c1. The zero-order valence-electron chi connectivity index (χ0n) is 27.4. The van der Waals surface area contributed by atoms with Crippen molar-refractivity contribution in [2.24, 2.45) is 0 Å². The van der Waals surface area contributed by atoms with Crippen molar-refractivity contribution in [2.45, 2.75) is 6.18 Å². The van der Waals surface area contributed by atoms with Gasteiger partial charge in [-0.1, -0.05) is 78.9 Å². The molecule has 0 N–H and O–H groups in total. The molecule has 4 nitrogen and oxygen atoms in total. The van der Waals surface area contributed by atoms with E-state index in [1.807, 2.05) is 47.0 Å². The Hall–Kier alpha value is -7.09. The minimum Gasteiger partial charge on any atom is -0.309 e. The van der Waals surface area contributed by atoms with Gasteiger partial charge in [0.25, 0.3) is 0 Å². The highest BCUT2D eigenvalue weighted by Gasteiger charge is 2.35. The molecule has 0 saturated carbocycles. The van der Waals surface area contributed by atoms with Crippen LogP contribution >= 0.6 is 0 Å². The van der Waals surface area contributed by atoms with Gasteiger partial charge in [0, 0.05) is 32.8 Å². The van der Waals surface area contributed by atoms with E-state index in [2.05, 4.69) is 89.5 Å². The highest BCUT2D eigenvalue weighted by atomic mass is 19.4. The number of nitrogens with zero attached hydrogens (tertiary/aromatic N) is 4. The van der Waals surface area contributed by atoms with E-state index < -0.39 is 11.7 Å². The van der Waals surface area contributed by atoms with Crippen LogP contribution in [0, 0.1) is 22.7 Å². The number of para-hydroxylation sites is 3. The van der Waals surface area contributed by atoms with Crippen LogP contribution in [0.5, 0.6) is 0 Å². The molecule has 0 aliphatic heterocycles. The predicted molar refractivity (Wildman–Crippen MR) is 200 cm³/mol.